The summed E-state index contributed by atoms with van der Waals surface area (Å²) in [6.45, 7) is 6.45. The first-order chi connectivity index (χ1) is 11.4. The summed E-state index contributed by atoms with van der Waals surface area (Å²) in [5, 5.41) is 19.4. The predicted octanol–water partition coefficient (Wildman–Crippen LogP) is -0.792. The lowest BCUT2D eigenvalue weighted by atomic mass is 10.1. The number of nitrogens with one attached hydrogen (secondary N) is 2. The second-order valence-electron chi connectivity index (χ2n) is 6.00. The number of amides is 2. The monoisotopic (exact) mass is 339 g/mol. The molecule has 1 aromatic heterocycles. The second-order valence-corrected chi connectivity index (χ2v) is 6.00. The van der Waals surface area contributed by atoms with Crippen molar-refractivity contribution in [1.82, 2.24) is 25.7 Å². The number of hydrogen-bond donors (Lipinski definition) is 3. The lowest BCUT2D eigenvalue weighted by molar-refractivity contribution is -0.128. The Morgan fingerprint density at radius 1 is 1.42 bits per heavy atom. The molecule has 0 bridgehead atoms. The third kappa shape index (κ3) is 4.75. The van der Waals surface area contributed by atoms with Gasteiger partial charge in [-0.2, -0.15) is 4.98 Å². The molecule has 0 spiro atoms. The average Bonchev–Trinajstić information content (AvgIpc) is 3.11. The summed E-state index contributed by atoms with van der Waals surface area (Å²) in [6, 6.07) is -0.985. The van der Waals surface area contributed by atoms with Gasteiger partial charge in [0.2, 0.25) is 17.7 Å². The van der Waals surface area contributed by atoms with Crippen LogP contribution < -0.4 is 10.6 Å². The van der Waals surface area contributed by atoms with E-state index in [1.165, 1.54) is 6.92 Å². The van der Waals surface area contributed by atoms with Crippen molar-refractivity contribution in [2.24, 2.45) is 0 Å². The number of carbonyl (C=O) groups is 2. The number of rotatable bonds is 7. The van der Waals surface area contributed by atoms with Crippen molar-refractivity contribution in [2.45, 2.75) is 58.3 Å². The fourth-order valence-corrected chi connectivity index (χ4v) is 2.71. The van der Waals surface area contributed by atoms with E-state index in [0.717, 1.165) is 0 Å². The maximum absolute atomic E-state index is 12.2. The van der Waals surface area contributed by atoms with Crippen LogP contribution >= 0.6 is 0 Å². The lowest BCUT2D eigenvalue weighted by Gasteiger charge is -2.21. The van der Waals surface area contributed by atoms with Crippen LogP contribution in [-0.2, 0) is 22.6 Å². The number of hydrogen-bond acceptors (Lipinski definition) is 7. The molecule has 3 N–H and O–H groups in total. The molecule has 0 saturated carbocycles. The van der Waals surface area contributed by atoms with E-state index in [2.05, 4.69) is 20.8 Å². The van der Waals surface area contributed by atoms with E-state index in [1.54, 1.807) is 0 Å². The normalized spacial score (nSPS) is 22.3. The SMILES string of the molecule is CCc1noc(CN2C[C@H](O)[C@H](NC(=O)[C@H](CC)NC(C)=O)C2)n1. The molecule has 9 heteroatoms. The number of aromatic nitrogens is 2. The molecule has 1 aliphatic heterocycles. The van der Waals surface area contributed by atoms with Gasteiger partial charge in [-0.3, -0.25) is 14.5 Å². The highest BCUT2D eigenvalue weighted by Gasteiger charge is 2.34. The predicted molar refractivity (Wildman–Crippen MR) is 84.8 cm³/mol. The molecule has 0 radical (unpaired) electrons. The number of β-amino-alcohol motifs (C(OH)–C–C–N with tert-alkyl or cyclic N) is 1. The van der Waals surface area contributed by atoms with E-state index >= 15 is 0 Å². The van der Waals surface area contributed by atoms with E-state index in [1.807, 2.05) is 18.7 Å². The molecule has 2 heterocycles. The van der Waals surface area contributed by atoms with Gasteiger partial charge in [0.25, 0.3) is 0 Å². The Kier molecular flexibility index (Phi) is 6.27. The highest BCUT2D eigenvalue weighted by Crippen LogP contribution is 2.14. The zero-order valence-corrected chi connectivity index (χ0v) is 14.3. The third-order valence-electron chi connectivity index (χ3n) is 3.98. The molecule has 1 aliphatic rings. The van der Waals surface area contributed by atoms with Gasteiger partial charge < -0.3 is 20.3 Å². The first kappa shape index (κ1) is 18.3. The van der Waals surface area contributed by atoms with Gasteiger partial charge in [0, 0.05) is 26.4 Å². The standard InChI is InChI=1S/C15H25N5O4/c1-4-10(16-9(3)21)15(23)17-11-6-20(7-12(11)22)8-14-18-13(5-2)19-24-14/h10-12,22H,4-8H2,1-3H3,(H,16,21)(H,17,23)/t10-,11+,12-/m0/s1. The van der Waals surface area contributed by atoms with E-state index < -0.39 is 18.2 Å². The zero-order valence-electron chi connectivity index (χ0n) is 14.3. The summed E-state index contributed by atoms with van der Waals surface area (Å²) in [4.78, 5) is 29.5. The first-order valence-corrected chi connectivity index (χ1v) is 8.22. The Morgan fingerprint density at radius 2 is 2.17 bits per heavy atom. The van der Waals surface area contributed by atoms with Crippen molar-refractivity contribution in [3.63, 3.8) is 0 Å². The molecular weight excluding hydrogens is 314 g/mol. The van der Waals surface area contributed by atoms with Gasteiger partial charge in [-0.05, 0) is 6.42 Å². The molecule has 9 nitrogen and oxygen atoms in total. The van der Waals surface area contributed by atoms with Gasteiger partial charge in [0.05, 0.1) is 18.7 Å². The summed E-state index contributed by atoms with van der Waals surface area (Å²) in [7, 11) is 0. The Bertz CT molecular complexity index is 576. The summed E-state index contributed by atoms with van der Waals surface area (Å²) < 4.78 is 5.15. The summed E-state index contributed by atoms with van der Waals surface area (Å²) in [6.07, 6.45) is 0.504. The van der Waals surface area contributed by atoms with Crippen LogP contribution in [0, 0.1) is 0 Å². The fourth-order valence-electron chi connectivity index (χ4n) is 2.71. The Labute approximate surface area is 140 Å². The molecule has 0 unspecified atom stereocenters. The maximum Gasteiger partial charge on any atom is 0.242 e. The van der Waals surface area contributed by atoms with Crippen LogP contribution in [0.2, 0.25) is 0 Å². The highest BCUT2D eigenvalue weighted by molar-refractivity contribution is 5.87. The van der Waals surface area contributed by atoms with Crippen molar-refractivity contribution in [2.75, 3.05) is 13.1 Å². The van der Waals surface area contributed by atoms with Crippen molar-refractivity contribution in [1.29, 1.82) is 0 Å². The number of aryl methyl sites for hydroxylation is 1. The van der Waals surface area contributed by atoms with Gasteiger partial charge in [0.1, 0.15) is 6.04 Å². The number of aliphatic hydroxyl groups is 1. The lowest BCUT2D eigenvalue weighted by Crippen LogP contribution is -2.51. The van der Waals surface area contributed by atoms with Crippen molar-refractivity contribution >= 4 is 11.8 Å². The van der Waals surface area contributed by atoms with Gasteiger partial charge in [-0.1, -0.05) is 19.0 Å². The van der Waals surface area contributed by atoms with E-state index in [9.17, 15) is 14.7 Å². The smallest absolute Gasteiger partial charge is 0.242 e. The van der Waals surface area contributed by atoms with Gasteiger partial charge in [-0.25, -0.2) is 0 Å². The van der Waals surface area contributed by atoms with Crippen LogP contribution in [0.1, 0.15) is 38.9 Å². The van der Waals surface area contributed by atoms with Crippen LogP contribution in [0.15, 0.2) is 4.52 Å². The average molecular weight is 339 g/mol. The molecule has 3 atom stereocenters. The molecule has 2 rings (SSSR count). The van der Waals surface area contributed by atoms with Crippen LogP contribution in [0.3, 0.4) is 0 Å². The van der Waals surface area contributed by atoms with Crippen molar-refractivity contribution < 1.29 is 19.2 Å². The van der Waals surface area contributed by atoms with Crippen molar-refractivity contribution in [3.8, 4) is 0 Å². The van der Waals surface area contributed by atoms with E-state index in [-0.39, 0.29) is 11.8 Å². The second kappa shape index (κ2) is 8.20. The number of carbonyl (C=O) groups excluding carboxylic acids is 2. The van der Waals surface area contributed by atoms with Crippen molar-refractivity contribution in [3.05, 3.63) is 11.7 Å². The Balaban J connectivity index is 1.88. The van der Waals surface area contributed by atoms with Gasteiger partial charge >= 0.3 is 0 Å². The highest BCUT2D eigenvalue weighted by atomic mass is 16.5. The number of likely N-dealkylation sites (tertiary alicyclic amines) is 1. The minimum Gasteiger partial charge on any atom is -0.390 e. The third-order valence-corrected chi connectivity index (χ3v) is 3.98. The molecule has 1 fully saturated rings. The molecular formula is C15H25N5O4. The molecule has 2 amide bonds. The first-order valence-electron chi connectivity index (χ1n) is 8.22. The fraction of sp³-hybridized carbons (Fsp3) is 0.733. The van der Waals surface area contributed by atoms with Crippen LogP contribution in [-0.4, -0.2) is 63.2 Å². The Hall–Kier alpha value is -2.00. The molecule has 1 aromatic rings. The minimum absolute atomic E-state index is 0.256. The van der Waals surface area contributed by atoms with Crippen LogP contribution in [0.4, 0.5) is 0 Å². The number of aliphatic hydroxyl groups excluding tert-OH is 1. The van der Waals surface area contributed by atoms with E-state index in [0.29, 0.717) is 44.2 Å². The quantitative estimate of drug-likeness (QED) is 0.595. The topological polar surface area (TPSA) is 121 Å². The molecule has 24 heavy (non-hydrogen) atoms. The summed E-state index contributed by atoms with van der Waals surface area (Å²) in [5.74, 6) is 0.602. The molecule has 134 valence electrons. The molecule has 0 aliphatic carbocycles. The molecule has 0 aromatic carbocycles. The van der Waals surface area contributed by atoms with E-state index in [4.69, 9.17) is 4.52 Å². The summed E-state index contributed by atoms with van der Waals surface area (Å²) in [5.41, 5.74) is 0. The van der Waals surface area contributed by atoms with Crippen LogP contribution in [0.5, 0.6) is 0 Å². The zero-order chi connectivity index (χ0) is 17.7. The molecule has 1 saturated heterocycles. The summed E-state index contributed by atoms with van der Waals surface area (Å²) >= 11 is 0. The van der Waals surface area contributed by atoms with Crippen LogP contribution in [0.25, 0.3) is 0 Å². The maximum atomic E-state index is 12.2. The van der Waals surface area contributed by atoms with Gasteiger partial charge in [0.15, 0.2) is 5.82 Å². The largest absolute Gasteiger partial charge is 0.390 e. The minimum atomic E-state index is -0.683. The van der Waals surface area contributed by atoms with Gasteiger partial charge in [-0.15, -0.1) is 0 Å². The number of nitrogens with zero attached hydrogens (tertiary/aromatic N) is 3. The Morgan fingerprint density at radius 3 is 2.75 bits per heavy atom.